The van der Waals surface area contributed by atoms with Crippen LogP contribution in [0.1, 0.15) is 22.8 Å². The largest absolute Gasteiger partial charge is 0.478 e. The molecule has 0 aromatic heterocycles. The van der Waals surface area contributed by atoms with Crippen molar-refractivity contribution in [2.24, 2.45) is 0 Å². The lowest BCUT2D eigenvalue weighted by molar-refractivity contribution is 0.0696. The second kappa shape index (κ2) is 6.83. The summed E-state index contributed by atoms with van der Waals surface area (Å²) in [5.41, 5.74) is 0.592. The third kappa shape index (κ3) is 3.56. The summed E-state index contributed by atoms with van der Waals surface area (Å²) >= 11 is 0. The second-order valence-electron chi connectivity index (χ2n) is 4.41. The molecule has 1 rings (SSSR count). The van der Waals surface area contributed by atoms with Crippen LogP contribution in [0.2, 0.25) is 0 Å². The molecular formula is C13H20N2O4S. The number of aryl methyl sites for hydroxylation is 1. The molecule has 6 nitrogen and oxygen atoms in total. The smallest absolute Gasteiger partial charge is 0.335 e. The Morgan fingerprint density at radius 1 is 1.40 bits per heavy atom. The summed E-state index contributed by atoms with van der Waals surface area (Å²) in [6, 6.07) is 4.21. The first-order valence-electron chi connectivity index (χ1n) is 6.31. The minimum absolute atomic E-state index is 0.0252. The first kappa shape index (κ1) is 16.6. The minimum Gasteiger partial charge on any atom is -0.478 e. The SMILES string of the molecule is CCc1ccc(C(=O)O)cc1S(=O)(=O)N(C)CCNC. The lowest BCUT2D eigenvalue weighted by Crippen LogP contribution is -2.33. The van der Waals surface area contributed by atoms with E-state index in [4.69, 9.17) is 5.11 Å². The van der Waals surface area contributed by atoms with Gasteiger partial charge in [0.05, 0.1) is 10.5 Å². The Labute approximate surface area is 119 Å². The van der Waals surface area contributed by atoms with Crippen LogP contribution in [0.15, 0.2) is 23.1 Å². The van der Waals surface area contributed by atoms with E-state index >= 15 is 0 Å². The van der Waals surface area contributed by atoms with Crippen LogP contribution >= 0.6 is 0 Å². The van der Waals surface area contributed by atoms with Gasteiger partial charge in [-0.3, -0.25) is 0 Å². The lowest BCUT2D eigenvalue weighted by Gasteiger charge is -2.19. The van der Waals surface area contributed by atoms with Crippen molar-refractivity contribution in [3.63, 3.8) is 0 Å². The monoisotopic (exact) mass is 300 g/mol. The van der Waals surface area contributed by atoms with E-state index in [2.05, 4.69) is 5.32 Å². The number of carbonyl (C=O) groups is 1. The second-order valence-corrected chi connectivity index (χ2v) is 6.42. The maximum absolute atomic E-state index is 12.5. The van der Waals surface area contributed by atoms with Crippen molar-refractivity contribution in [1.29, 1.82) is 0 Å². The zero-order valence-corrected chi connectivity index (χ0v) is 12.7. The zero-order chi connectivity index (χ0) is 15.3. The highest BCUT2D eigenvalue weighted by molar-refractivity contribution is 7.89. The van der Waals surface area contributed by atoms with Gasteiger partial charge in [-0.15, -0.1) is 0 Å². The van der Waals surface area contributed by atoms with Crippen molar-refractivity contribution in [3.05, 3.63) is 29.3 Å². The molecule has 0 saturated heterocycles. The first-order valence-corrected chi connectivity index (χ1v) is 7.75. The van der Waals surface area contributed by atoms with Crippen LogP contribution in [0.25, 0.3) is 0 Å². The summed E-state index contributed by atoms with van der Waals surface area (Å²) in [6.45, 7) is 2.68. The molecule has 0 amide bonds. The maximum atomic E-state index is 12.5. The normalized spacial score (nSPS) is 11.8. The number of likely N-dealkylation sites (N-methyl/N-ethyl adjacent to an activating group) is 2. The number of hydrogen-bond acceptors (Lipinski definition) is 4. The Bertz CT molecular complexity index is 584. The van der Waals surface area contributed by atoms with E-state index < -0.39 is 16.0 Å². The van der Waals surface area contributed by atoms with Crippen LogP contribution in [0.4, 0.5) is 0 Å². The number of carboxylic acid groups (broad SMARTS) is 1. The fourth-order valence-corrected chi connectivity index (χ4v) is 3.26. The quantitative estimate of drug-likeness (QED) is 0.777. The molecule has 0 radical (unpaired) electrons. The molecule has 0 aliphatic heterocycles. The van der Waals surface area contributed by atoms with Crippen LogP contribution < -0.4 is 5.32 Å². The van der Waals surface area contributed by atoms with Crippen molar-refractivity contribution in [3.8, 4) is 0 Å². The molecule has 0 bridgehead atoms. The fraction of sp³-hybridized carbons (Fsp3) is 0.462. The first-order chi connectivity index (χ1) is 9.34. The zero-order valence-electron chi connectivity index (χ0n) is 11.9. The number of sulfonamides is 1. The van der Waals surface area contributed by atoms with Gasteiger partial charge >= 0.3 is 5.97 Å². The Morgan fingerprint density at radius 3 is 2.55 bits per heavy atom. The molecule has 1 aromatic rings. The number of benzene rings is 1. The van der Waals surface area contributed by atoms with E-state index in [1.165, 1.54) is 23.5 Å². The van der Waals surface area contributed by atoms with Gasteiger partial charge in [-0.25, -0.2) is 13.2 Å². The summed E-state index contributed by atoms with van der Waals surface area (Å²) in [5, 5.41) is 11.9. The molecule has 0 heterocycles. The van der Waals surface area contributed by atoms with Gasteiger partial charge in [0.1, 0.15) is 0 Å². The average Bonchev–Trinajstić information content (AvgIpc) is 2.43. The van der Waals surface area contributed by atoms with E-state index in [0.717, 1.165) is 0 Å². The summed E-state index contributed by atoms with van der Waals surface area (Å²) in [4.78, 5) is 11.1. The van der Waals surface area contributed by atoms with Crippen molar-refractivity contribution in [2.75, 3.05) is 27.2 Å². The maximum Gasteiger partial charge on any atom is 0.335 e. The van der Waals surface area contributed by atoms with Crippen molar-refractivity contribution >= 4 is 16.0 Å². The van der Waals surface area contributed by atoms with Crippen LogP contribution in [0.3, 0.4) is 0 Å². The summed E-state index contributed by atoms with van der Waals surface area (Å²) in [5.74, 6) is -1.14. The van der Waals surface area contributed by atoms with Crippen molar-refractivity contribution in [2.45, 2.75) is 18.2 Å². The van der Waals surface area contributed by atoms with Gasteiger partial charge in [0.15, 0.2) is 0 Å². The highest BCUT2D eigenvalue weighted by Crippen LogP contribution is 2.21. The van der Waals surface area contributed by atoms with Crippen LogP contribution in [0, 0.1) is 0 Å². The Morgan fingerprint density at radius 2 is 2.05 bits per heavy atom. The molecule has 1 aromatic carbocycles. The summed E-state index contributed by atoms with van der Waals surface area (Å²) in [6.07, 6.45) is 0.522. The topological polar surface area (TPSA) is 86.7 Å². The van der Waals surface area contributed by atoms with Gasteiger partial charge in [-0.1, -0.05) is 13.0 Å². The van der Waals surface area contributed by atoms with Crippen LogP contribution in [-0.2, 0) is 16.4 Å². The van der Waals surface area contributed by atoms with Crippen molar-refractivity contribution < 1.29 is 18.3 Å². The number of hydrogen-bond donors (Lipinski definition) is 2. The van der Waals surface area contributed by atoms with E-state index in [0.29, 0.717) is 25.1 Å². The fourth-order valence-electron chi connectivity index (χ4n) is 1.78. The standard InChI is InChI=1S/C13H20N2O4S/c1-4-10-5-6-11(13(16)17)9-12(10)20(18,19)15(3)8-7-14-2/h5-6,9,14H,4,7-8H2,1-3H3,(H,16,17). The molecule has 0 atom stereocenters. The molecule has 0 fully saturated rings. The van der Waals surface area contributed by atoms with Gasteiger partial charge in [0.2, 0.25) is 10.0 Å². The average molecular weight is 300 g/mol. The van der Waals surface area contributed by atoms with Gasteiger partial charge in [-0.05, 0) is 31.2 Å². The van der Waals surface area contributed by atoms with Gasteiger partial charge in [0, 0.05) is 20.1 Å². The summed E-state index contributed by atoms with van der Waals surface area (Å²) in [7, 11) is -0.455. The highest BCUT2D eigenvalue weighted by Gasteiger charge is 2.24. The molecule has 0 saturated carbocycles. The molecular weight excluding hydrogens is 280 g/mol. The Kier molecular flexibility index (Phi) is 5.67. The molecule has 112 valence electrons. The molecule has 0 aliphatic carbocycles. The van der Waals surface area contributed by atoms with E-state index in [9.17, 15) is 13.2 Å². The van der Waals surface area contributed by atoms with Gasteiger partial charge in [0.25, 0.3) is 0 Å². The Hall–Kier alpha value is -1.44. The molecule has 0 unspecified atom stereocenters. The molecule has 20 heavy (non-hydrogen) atoms. The predicted molar refractivity (Wildman–Crippen MR) is 76.5 cm³/mol. The van der Waals surface area contributed by atoms with Crippen LogP contribution in [-0.4, -0.2) is 51.0 Å². The van der Waals surface area contributed by atoms with Crippen LogP contribution in [0.5, 0.6) is 0 Å². The predicted octanol–water partition coefficient (Wildman–Crippen LogP) is 0.787. The van der Waals surface area contributed by atoms with Crippen molar-refractivity contribution in [1.82, 2.24) is 9.62 Å². The molecule has 0 aliphatic rings. The number of aromatic carboxylic acids is 1. The van der Waals surface area contributed by atoms with Gasteiger partial charge in [-0.2, -0.15) is 4.31 Å². The molecule has 0 spiro atoms. The third-order valence-electron chi connectivity index (χ3n) is 3.06. The number of nitrogens with zero attached hydrogens (tertiary/aromatic N) is 1. The highest BCUT2D eigenvalue weighted by atomic mass is 32.2. The van der Waals surface area contributed by atoms with E-state index in [1.807, 2.05) is 6.92 Å². The molecule has 2 N–H and O–H groups in total. The minimum atomic E-state index is -3.68. The Balaban J connectivity index is 3.27. The molecule has 7 heteroatoms. The summed E-state index contributed by atoms with van der Waals surface area (Å²) < 4.78 is 26.2. The van der Waals surface area contributed by atoms with E-state index in [1.54, 1.807) is 13.1 Å². The van der Waals surface area contributed by atoms with E-state index in [-0.39, 0.29) is 10.5 Å². The number of carboxylic acids is 1. The lowest BCUT2D eigenvalue weighted by atomic mass is 10.1. The number of nitrogens with one attached hydrogen (secondary N) is 1. The number of rotatable bonds is 7. The van der Waals surface area contributed by atoms with Gasteiger partial charge < -0.3 is 10.4 Å². The third-order valence-corrected chi connectivity index (χ3v) is 5.00.